The second-order valence-electron chi connectivity index (χ2n) is 2.94. The molecule has 1 heterocycles. The monoisotopic (exact) mass is 171 g/mol. The molecule has 0 aliphatic carbocycles. The van der Waals surface area contributed by atoms with Gasteiger partial charge in [-0.2, -0.15) is 0 Å². The quantitative estimate of drug-likeness (QED) is 0.731. The van der Waals surface area contributed by atoms with Crippen LogP contribution in [-0.4, -0.2) is 7.05 Å². The summed E-state index contributed by atoms with van der Waals surface area (Å²) in [6.45, 7) is 5.33. The van der Waals surface area contributed by atoms with Gasteiger partial charge >= 0.3 is 0 Å². The van der Waals surface area contributed by atoms with Crippen molar-refractivity contribution in [2.45, 2.75) is 26.3 Å². The molecular formula is C8H15N2S+. The van der Waals surface area contributed by atoms with Crippen molar-refractivity contribution in [1.29, 1.82) is 0 Å². The van der Waals surface area contributed by atoms with Gasteiger partial charge in [-0.15, -0.1) is 0 Å². The van der Waals surface area contributed by atoms with E-state index in [4.69, 9.17) is 0 Å². The Morgan fingerprint density at radius 3 is 2.82 bits per heavy atom. The minimum absolute atomic E-state index is 0.616. The van der Waals surface area contributed by atoms with Crippen molar-refractivity contribution in [3.05, 3.63) is 16.1 Å². The van der Waals surface area contributed by atoms with Gasteiger partial charge in [-0.05, 0) is 7.05 Å². The maximum atomic E-state index is 3.37. The molecule has 0 saturated carbocycles. The highest BCUT2D eigenvalue weighted by Crippen LogP contribution is 2.14. The molecule has 0 radical (unpaired) electrons. The molecule has 0 amide bonds. The Balaban J connectivity index is 2.66. The normalized spacial score (nSPS) is 10.9. The van der Waals surface area contributed by atoms with Crippen LogP contribution < -0.4 is 10.3 Å². The zero-order valence-electron chi connectivity index (χ0n) is 7.27. The lowest BCUT2D eigenvalue weighted by Crippen LogP contribution is -2.17. The summed E-state index contributed by atoms with van der Waals surface area (Å²) < 4.78 is 0. The van der Waals surface area contributed by atoms with Crippen LogP contribution in [0.4, 0.5) is 0 Å². The Bertz CT molecular complexity index is 218. The lowest BCUT2D eigenvalue weighted by Gasteiger charge is -1.90. The number of aromatic nitrogens is 1. The molecule has 0 aliphatic heterocycles. The van der Waals surface area contributed by atoms with Crippen LogP contribution in [0.15, 0.2) is 5.38 Å². The van der Waals surface area contributed by atoms with Crippen LogP contribution in [0, 0.1) is 0 Å². The molecule has 1 rings (SSSR count). The lowest BCUT2D eigenvalue weighted by atomic mass is 10.2. The van der Waals surface area contributed by atoms with E-state index in [1.54, 1.807) is 11.3 Å². The van der Waals surface area contributed by atoms with E-state index in [2.05, 4.69) is 29.5 Å². The number of thiazole rings is 1. The van der Waals surface area contributed by atoms with E-state index in [-0.39, 0.29) is 0 Å². The van der Waals surface area contributed by atoms with E-state index in [0.717, 1.165) is 6.54 Å². The van der Waals surface area contributed by atoms with Crippen molar-refractivity contribution in [3.63, 3.8) is 0 Å². The maximum absolute atomic E-state index is 3.37. The Morgan fingerprint density at radius 1 is 1.64 bits per heavy atom. The van der Waals surface area contributed by atoms with Gasteiger partial charge in [0.25, 0.3) is 0 Å². The summed E-state index contributed by atoms with van der Waals surface area (Å²) in [7, 11) is 1.96. The first-order chi connectivity index (χ1) is 5.24. The predicted molar refractivity (Wildman–Crippen MR) is 47.7 cm³/mol. The van der Waals surface area contributed by atoms with Gasteiger partial charge in [0.2, 0.25) is 10.7 Å². The molecule has 11 heavy (non-hydrogen) atoms. The zero-order chi connectivity index (χ0) is 8.27. The molecule has 0 unspecified atom stereocenters. The molecule has 0 spiro atoms. The Hall–Kier alpha value is -0.410. The first-order valence-corrected chi connectivity index (χ1v) is 4.76. The van der Waals surface area contributed by atoms with Crippen LogP contribution in [-0.2, 0) is 6.54 Å². The summed E-state index contributed by atoms with van der Waals surface area (Å²) >= 11 is 1.80. The van der Waals surface area contributed by atoms with Crippen molar-refractivity contribution < 1.29 is 4.98 Å². The summed E-state index contributed by atoms with van der Waals surface area (Å²) in [5.41, 5.74) is 1.28. The summed E-state index contributed by atoms with van der Waals surface area (Å²) in [6.07, 6.45) is 0. The Kier molecular flexibility index (Phi) is 3.02. The van der Waals surface area contributed by atoms with Crippen molar-refractivity contribution in [3.8, 4) is 0 Å². The predicted octanol–water partition coefficient (Wildman–Crippen LogP) is 1.41. The van der Waals surface area contributed by atoms with Gasteiger partial charge in [0.05, 0.1) is 11.9 Å². The van der Waals surface area contributed by atoms with Crippen LogP contribution in [0.2, 0.25) is 0 Å². The molecule has 2 nitrogen and oxygen atoms in total. The van der Waals surface area contributed by atoms with E-state index < -0.39 is 0 Å². The van der Waals surface area contributed by atoms with Gasteiger partial charge < -0.3 is 5.32 Å². The van der Waals surface area contributed by atoms with E-state index in [0.29, 0.717) is 5.92 Å². The van der Waals surface area contributed by atoms with Gasteiger partial charge in [-0.1, -0.05) is 25.2 Å². The maximum Gasteiger partial charge on any atom is 0.238 e. The standard InChI is InChI=1S/C8H14N2S/c1-6(2)8-10-7(4-9-3)5-11-8/h5-6,9H,4H2,1-3H3/p+1. The smallest absolute Gasteiger partial charge is 0.238 e. The third kappa shape index (κ3) is 2.27. The molecule has 1 aromatic rings. The molecule has 0 saturated heterocycles. The molecule has 0 aliphatic rings. The van der Waals surface area contributed by atoms with Crippen LogP contribution in [0.1, 0.15) is 30.5 Å². The first-order valence-electron chi connectivity index (χ1n) is 3.88. The highest BCUT2D eigenvalue weighted by atomic mass is 32.1. The molecular weight excluding hydrogens is 156 g/mol. The molecule has 0 fully saturated rings. The minimum atomic E-state index is 0.616. The highest BCUT2D eigenvalue weighted by Gasteiger charge is 2.11. The fourth-order valence-electron chi connectivity index (χ4n) is 0.909. The summed E-state index contributed by atoms with van der Waals surface area (Å²) in [4.78, 5) is 3.37. The molecule has 3 heteroatoms. The van der Waals surface area contributed by atoms with Crippen molar-refractivity contribution in [2.24, 2.45) is 0 Å². The summed E-state index contributed by atoms with van der Waals surface area (Å²) in [5, 5.41) is 6.64. The van der Waals surface area contributed by atoms with Gasteiger partial charge in [0.1, 0.15) is 0 Å². The van der Waals surface area contributed by atoms with Crippen molar-refractivity contribution in [1.82, 2.24) is 5.32 Å². The van der Waals surface area contributed by atoms with Crippen molar-refractivity contribution >= 4 is 11.3 Å². The minimum Gasteiger partial charge on any atom is -0.311 e. The SMILES string of the molecule is CNCc1csc(C(C)C)[nH+]1. The number of hydrogen-bond acceptors (Lipinski definition) is 2. The summed E-state index contributed by atoms with van der Waals surface area (Å²) in [5.74, 6) is 0.616. The van der Waals surface area contributed by atoms with E-state index in [9.17, 15) is 0 Å². The largest absolute Gasteiger partial charge is 0.311 e. The first kappa shape index (κ1) is 8.68. The molecule has 2 N–H and O–H groups in total. The number of rotatable bonds is 3. The zero-order valence-corrected chi connectivity index (χ0v) is 8.09. The van der Waals surface area contributed by atoms with Crippen LogP contribution >= 0.6 is 11.3 Å². The van der Waals surface area contributed by atoms with Gasteiger partial charge in [-0.25, -0.2) is 4.98 Å². The highest BCUT2D eigenvalue weighted by molar-refractivity contribution is 7.09. The second kappa shape index (κ2) is 3.83. The van der Waals surface area contributed by atoms with Gasteiger partial charge in [-0.3, -0.25) is 0 Å². The Morgan fingerprint density at radius 2 is 2.36 bits per heavy atom. The number of aromatic amines is 1. The van der Waals surface area contributed by atoms with Crippen molar-refractivity contribution in [2.75, 3.05) is 7.05 Å². The third-order valence-corrected chi connectivity index (χ3v) is 2.73. The average molecular weight is 171 g/mol. The molecule has 0 atom stereocenters. The fraction of sp³-hybridized carbons (Fsp3) is 0.625. The second-order valence-corrected chi connectivity index (χ2v) is 3.85. The fourth-order valence-corrected chi connectivity index (χ4v) is 1.78. The molecule has 1 aromatic heterocycles. The summed E-state index contributed by atoms with van der Waals surface area (Å²) in [6, 6.07) is 0. The van der Waals surface area contributed by atoms with Gasteiger partial charge in [0.15, 0.2) is 0 Å². The number of H-pyrrole nitrogens is 1. The lowest BCUT2D eigenvalue weighted by molar-refractivity contribution is -0.396. The average Bonchev–Trinajstić information content (AvgIpc) is 2.37. The van der Waals surface area contributed by atoms with E-state index in [1.165, 1.54) is 10.7 Å². The number of nitrogens with one attached hydrogen (secondary N) is 2. The molecule has 62 valence electrons. The van der Waals surface area contributed by atoms with Crippen LogP contribution in [0.5, 0.6) is 0 Å². The van der Waals surface area contributed by atoms with Crippen LogP contribution in [0.25, 0.3) is 0 Å². The van der Waals surface area contributed by atoms with E-state index in [1.807, 2.05) is 7.05 Å². The topological polar surface area (TPSA) is 26.2 Å². The van der Waals surface area contributed by atoms with Crippen LogP contribution in [0.3, 0.4) is 0 Å². The molecule has 0 bridgehead atoms. The van der Waals surface area contributed by atoms with Gasteiger partial charge in [0, 0.05) is 5.92 Å². The van der Waals surface area contributed by atoms with E-state index >= 15 is 0 Å². The molecule has 0 aromatic carbocycles. The number of hydrogen-bond donors (Lipinski definition) is 1. The third-order valence-electron chi connectivity index (χ3n) is 1.50. The Labute approximate surface area is 71.7 Å².